The van der Waals surface area contributed by atoms with E-state index >= 15 is 0 Å². The van der Waals surface area contributed by atoms with Gasteiger partial charge in [0.15, 0.2) is 11.5 Å². The molecular weight excluding hydrogens is 328 g/mol. The Morgan fingerprint density at radius 2 is 0.923 bits per heavy atom. The van der Waals surface area contributed by atoms with Crippen LogP contribution in [-0.4, -0.2) is 23.4 Å². The molecular formula is C22H22O4. The zero-order valence-electron chi connectivity index (χ0n) is 14.5. The predicted octanol–water partition coefficient (Wildman–Crippen LogP) is 4.34. The van der Waals surface area contributed by atoms with Gasteiger partial charge in [-0.3, -0.25) is 0 Å². The van der Waals surface area contributed by atoms with Gasteiger partial charge in [-0.15, -0.1) is 0 Å². The van der Waals surface area contributed by atoms with Crippen LogP contribution >= 0.6 is 0 Å². The summed E-state index contributed by atoms with van der Waals surface area (Å²) in [6.07, 6.45) is 1.22. The summed E-state index contributed by atoms with van der Waals surface area (Å²) in [6.45, 7) is 0.884. The zero-order valence-corrected chi connectivity index (χ0v) is 14.5. The van der Waals surface area contributed by atoms with E-state index < -0.39 is 0 Å². The minimum absolute atomic E-state index is 0.281. The maximum Gasteiger partial charge on any atom is 0.161 e. The van der Waals surface area contributed by atoms with Crippen molar-refractivity contribution in [3.8, 4) is 23.0 Å². The number of phenols is 2. The highest BCUT2D eigenvalue weighted by molar-refractivity contribution is 5.40. The summed E-state index contributed by atoms with van der Waals surface area (Å²) in [4.78, 5) is 0. The van der Waals surface area contributed by atoms with Crippen LogP contribution < -0.4 is 9.47 Å². The van der Waals surface area contributed by atoms with Crippen LogP contribution in [0.4, 0.5) is 0 Å². The first-order valence-electron chi connectivity index (χ1n) is 8.62. The van der Waals surface area contributed by atoms with Crippen LogP contribution in [0.2, 0.25) is 0 Å². The van der Waals surface area contributed by atoms with Gasteiger partial charge in [0.05, 0.1) is 13.2 Å². The molecule has 0 aromatic heterocycles. The van der Waals surface area contributed by atoms with Gasteiger partial charge in [-0.05, 0) is 35.4 Å². The topological polar surface area (TPSA) is 58.9 Å². The molecule has 0 spiro atoms. The van der Waals surface area contributed by atoms with Gasteiger partial charge in [0.25, 0.3) is 0 Å². The largest absolute Gasteiger partial charge is 0.508 e. The Bertz CT molecular complexity index is 774. The maximum absolute atomic E-state index is 9.81. The van der Waals surface area contributed by atoms with Gasteiger partial charge >= 0.3 is 0 Å². The standard InChI is InChI=1S/C22H22O4/c23-19-9-3-1-7-17(19)13-15-25-21-11-5-6-12-22(21)26-16-14-18-8-2-4-10-20(18)24/h1-12,23-24H,13-16H2. The first-order valence-corrected chi connectivity index (χ1v) is 8.62. The van der Waals surface area contributed by atoms with Crippen LogP contribution in [0.1, 0.15) is 11.1 Å². The fourth-order valence-electron chi connectivity index (χ4n) is 2.68. The van der Waals surface area contributed by atoms with E-state index in [0.29, 0.717) is 37.6 Å². The fraction of sp³-hybridized carbons (Fsp3) is 0.182. The second kappa shape index (κ2) is 8.81. The summed E-state index contributed by atoms with van der Waals surface area (Å²) >= 11 is 0. The summed E-state index contributed by atoms with van der Waals surface area (Å²) in [6, 6.07) is 22.0. The van der Waals surface area contributed by atoms with Crippen molar-refractivity contribution in [3.05, 3.63) is 83.9 Å². The molecule has 0 saturated carbocycles. The van der Waals surface area contributed by atoms with Crippen molar-refractivity contribution in [3.63, 3.8) is 0 Å². The van der Waals surface area contributed by atoms with Crippen LogP contribution in [0, 0.1) is 0 Å². The molecule has 0 bridgehead atoms. The first-order chi connectivity index (χ1) is 12.7. The normalized spacial score (nSPS) is 10.5. The molecule has 0 fully saturated rings. The number of phenolic OH excluding ortho intramolecular Hbond substituents is 2. The van der Waals surface area contributed by atoms with Crippen LogP contribution in [0.3, 0.4) is 0 Å². The fourth-order valence-corrected chi connectivity index (χ4v) is 2.68. The van der Waals surface area contributed by atoms with Crippen molar-refractivity contribution in [1.29, 1.82) is 0 Å². The zero-order chi connectivity index (χ0) is 18.2. The van der Waals surface area contributed by atoms with Gasteiger partial charge < -0.3 is 19.7 Å². The number of para-hydroxylation sites is 4. The monoisotopic (exact) mass is 350 g/mol. The molecule has 0 saturated heterocycles. The Labute approximate surface area is 153 Å². The average Bonchev–Trinajstić information content (AvgIpc) is 2.66. The van der Waals surface area contributed by atoms with E-state index in [2.05, 4.69) is 0 Å². The van der Waals surface area contributed by atoms with Crippen molar-refractivity contribution in [2.75, 3.05) is 13.2 Å². The van der Waals surface area contributed by atoms with Crippen molar-refractivity contribution >= 4 is 0 Å². The molecule has 0 aliphatic rings. The molecule has 0 atom stereocenters. The Hall–Kier alpha value is -3.14. The minimum Gasteiger partial charge on any atom is -0.508 e. The van der Waals surface area contributed by atoms with Crippen LogP contribution in [-0.2, 0) is 12.8 Å². The van der Waals surface area contributed by atoms with Gasteiger partial charge in [-0.1, -0.05) is 48.5 Å². The predicted molar refractivity (Wildman–Crippen MR) is 101 cm³/mol. The number of hydrogen-bond donors (Lipinski definition) is 2. The minimum atomic E-state index is 0.281. The molecule has 0 amide bonds. The Balaban J connectivity index is 1.54. The summed E-state index contributed by atoms with van der Waals surface area (Å²) in [5, 5.41) is 19.6. The molecule has 0 unspecified atom stereocenters. The number of benzene rings is 3. The molecule has 3 aromatic rings. The lowest BCUT2D eigenvalue weighted by Crippen LogP contribution is -2.06. The third-order valence-electron chi connectivity index (χ3n) is 4.09. The van der Waals surface area contributed by atoms with Crippen molar-refractivity contribution in [2.45, 2.75) is 12.8 Å². The lowest BCUT2D eigenvalue weighted by atomic mass is 10.1. The molecule has 0 aliphatic heterocycles. The number of aromatic hydroxyl groups is 2. The smallest absolute Gasteiger partial charge is 0.161 e. The van der Waals surface area contributed by atoms with Crippen LogP contribution in [0.5, 0.6) is 23.0 Å². The molecule has 4 heteroatoms. The third-order valence-corrected chi connectivity index (χ3v) is 4.09. The quantitative estimate of drug-likeness (QED) is 0.634. The summed E-state index contributed by atoms with van der Waals surface area (Å²) in [5.74, 6) is 1.90. The number of ether oxygens (including phenoxy) is 2. The van der Waals surface area contributed by atoms with E-state index in [1.165, 1.54) is 0 Å². The summed E-state index contributed by atoms with van der Waals surface area (Å²) < 4.78 is 11.7. The molecule has 134 valence electrons. The third kappa shape index (κ3) is 4.70. The van der Waals surface area contributed by atoms with Crippen LogP contribution in [0.15, 0.2) is 72.8 Å². The maximum atomic E-state index is 9.81. The second-order valence-electron chi connectivity index (χ2n) is 5.90. The number of rotatable bonds is 8. The molecule has 0 heterocycles. The lowest BCUT2D eigenvalue weighted by Gasteiger charge is -2.13. The Morgan fingerprint density at radius 1 is 0.538 bits per heavy atom. The van der Waals surface area contributed by atoms with E-state index in [9.17, 15) is 10.2 Å². The second-order valence-corrected chi connectivity index (χ2v) is 5.90. The van der Waals surface area contributed by atoms with Gasteiger partial charge in [-0.25, -0.2) is 0 Å². The molecule has 0 aliphatic carbocycles. The molecule has 26 heavy (non-hydrogen) atoms. The van der Waals surface area contributed by atoms with Gasteiger partial charge in [0, 0.05) is 12.8 Å². The Morgan fingerprint density at radius 3 is 1.35 bits per heavy atom. The molecule has 3 rings (SSSR count). The SMILES string of the molecule is Oc1ccccc1CCOc1ccccc1OCCc1ccccc1O. The van der Waals surface area contributed by atoms with Gasteiger partial charge in [0.2, 0.25) is 0 Å². The molecule has 0 radical (unpaired) electrons. The Kier molecular flexibility index (Phi) is 5.99. The number of hydrogen-bond acceptors (Lipinski definition) is 4. The van der Waals surface area contributed by atoms with Crippen molar-refractivity contribution in [2.24, 2.45) is 0 Å². The first kappa shape index (κ1) is 17.7. The van der Waals surface area contributed by atoms with Crippen molar-refractivity contribution < 1.29 is 19.7 Å². The van der Waals surface area contributed by atoms with E-state index in [1.807, 2.05) is 48.5 Å². The van der Waals surface area contributed by atoms with Crippen molar-refractivity contribution in [1.82, 2.24) is 0 Å². The molecule has 2 N–H and O–H groups in total. The highest BCUT2D eigenvalue weighted by Crippen LogP contribution is 2.27. The van der Waals surface area contributed by atoms with Gasteiger partial charge in [-0.2, -0.15) is 0 Å². The van der Waals surface area contributed by atoms with Gasteiger partial charge in [0.1, 0.15) is 11.5 Å². The van der Waals surface area contributed by atoms with E-state index in [1.54, 1.807) is 24.3 Å². The average molecular weight is 350 g/mol. The summed E-state index contributed by atoms with van der Waals surface area (Å²) in [7, 11) is 0. The van der Waals surface area contributed by atoms with E-state index in [4.69, 9.17) is 9.47 Å². The highest BCUT2D eigenvalue weighted by atomic mass is 16.5. The lowest BCUT2D eigenvalue weighted by molar-refractivity contribution is 0.270. The highest BCUT2D eigenvalue weighted by Gasteiger charge is 2.07. The van der Waals surface area contributed by atoms with E-state index in [0.717, 1.165) is 11.1 Å². The van der Waals surface area contributed by atoms with Crippen LogP contribution in [0.25, 0.3) is 0 Å². The molecule has 4 nitrogen and oxygen atoms in total. The molecule has 3 aromatic carbocycles. The van der Waals surface area contributed by atoms with E-state index in [-0.39, 0.29) is 11.5 Å². The summed E-state index contributed by atoms with van der Waals surface area (Å²) in [5.41, 5.74) is 1.70.